The number of amides is 2. The fraction of sp³-hybridized carbons (Fsp3) is 0.846. The van der Waals surface area contributed by atoms with Crippen molar-refractivity contribution in [2.24, 2.45) is 0 Å². The van der Waals surface area contributed by atoms with Crippen molar-refractivity contribution >= 4 is 11.8 Å². The lowest BCUT2D eigenvalue weighted by Gasteiger charge is -2.46. The molecule has 1 rings (SSSR count). The molecule has 0 aromatic rings. The molecular weight excluding hydrogens is 216 g/mol. The molecule has 98 valence electrons. The lowest BCUT2D eigenvalue weighted by Crippen LogP contribution is -2.69. The molecule has 1 fully saturated rings. The maximum absolute atomic E-state index is 12.4. The Hall–Kier alpha value is -1.06. The fourth-order valence-electron chi connectivity index (χ4n) is 2.52. The Labute approximate surface area is 104 Å². The predicted molar refractivity (Wildman–Crippen MR) is 67.5 cm³/mol. The molecule has 1 N–H and O–H groups in total. The van der Waals surface area contributed by atoms with Gasteiger partial charge in [0.1, 0.15) is 11.6 Å². The first-order valence-electron chi connectivity index (χ1n) is 6.53. The van der Waals surface area contributed by atoms with Crippen molar-refractivity contribution in [3.8, 4) is 0 Å². The van der Waals surface area contributed by atoms with Crippen LogP contribution < -0.4 is 5.32 Å². The summed E-state index contributed by atoms with van der Waals surface area (Å²) in [7, 11) is 0. The van der Waals surface area contributed by atoms with Gasteiger partial charge in [0.25, 0.3) is 0 Å². The number of carbonyl (C=O) groups is 2. The molecule has 17 heavy (non-hydrogen) atoms. The molecular formula is C13H24N2O2. The second-order valence-electron chi connectivity index (χ2n) is 5.22. The van der Waals surface area contributed by atoms with Crippen molar-refractivity contribution in [2.45, 2.75) is 71.5 Å². The van der Waals surface area contributed by atoms with E-state index in [4.69, 9.17) is 0 Å². The van der Waals surface area contributed by atoms with E-state index >= 15 is 0 Å². The van der Waals surface area contributed by atoms with E-state index in [0.717, 1.165) is 12.8 Å². The van der Waals surface area contributed by atoms with Crippen molar-refractivity contribution < 1.29 is 9.59 Å². The van der Waals surface area contributed by atoms with Crippen LogP contribution in [0, 0.1) is 0 Å². The summed E-state index contributed by atoms with van der Waals surface area (Å²) in [5.74, 6) is 0.0154. The van der Waals surface area contributed by atoms with E-state index < -0.39 is 5.54 Å². The van der Waals surface area contributed by atoms with E-state index in [1.165, 1.54) is 0 Å². The first-order chi connectivity index (χ1) is 7.88. The summed E-state index contributed by atoms with van der Waals surface area (Å²) in [5.41, 5.74) is -0.772. The monoisotopic (exact) mass is 240 g/mol. The summed E-state index contributed by atoms with van der Waals surface area (Å²) in [6.07, 6.45) is 2.45. The molecule has 0 radical (unpaired) electrons. The van der Waals surface area contributed by atoms with E-state index in [1.807, 2.05) is 6.92 Å². The minimum atomic E-state index is -0.772. The molecule has 0 aliphatic carbocycles. The van der Waals surface area contributed by atoms with Gasteiger partial charge >= 0.3 is 0 Å². The maximum atomic E-state index is 12.4. The van der Waals surface area contributed by atoms with Crippen LogP contribution in [0.4, 0.5) is 0 Å². The number of carbonyl (C=O) groups excluding carboxylic acids is 2. The maximum Gasteiger partial charge on any atom is 0.248 e. The topological polar surface area (TPSA) is 49.4 Å². The highest BCUT2D eigenvalue weighted by atomic mass is 16.2. The van der Waals surface area contributed by atoms with E-state index in [9.17, 15) is 9.59 Å². The summed E-state index contributed by atoms with van der Waals surface area (Å²) in [5, 5.41) is 2.81. The molecule has 2 amide bonds. The lowest BCUT2D eigenvalue weighted by molar-refractivity contribution is -0.156. The molecule has 1 heterocycles. The smallest absolute Gasteiger partial charge is 0.248 e. The van der Waals surface area contributed by atoms with Crippen LogP contribution in [0.2, 0.25) is 0 Å². The predicted octanol–water partition coefficient (Wildman–Crippen LogP) is 1.69. The Kier molecular flexibility index (Phi) is 4.17. The van der Waals surface area contributed by atoms with Gasteiger partial charge in [0.2, 0.25) is 11.8 Å². The van der Waals surface area contributed by atoms with Crippen molar-refractivity contribution in [1.82, 2.24) is 10.2 Å². The van der Waals surface area contributed by atoms with Gasteiger partial charge in [0.15, 0.2) is 0 Å². The molecule has 1 unspecified atom stereocenters. The van der Waals surface area contributed by atoms with Crippen LogP contribution in [-0.2, 0) is 9.59 Å². The standard InChI is InChI=1S/C13H24N2O2/c1-6-9(7-2)15-10(8-3)11(16)14-13(4,5)12(15)17/h9-10H,6-8H2,1-5H3,(H,14,16). The molecule has 1 saturated heterocycles. The molecule has 4 nitrogen and oxygen atoms in total. The van der Waals surface area contributed by atoms with E-state index in [1.54, 1.807) is 18.7 Å². The highest BCUT2D eigenvalue weighted by Crippen LogP contribution is 2.24. The molecule has 1 aliphatic rings. The van der Waals surface area contributed by atoms with E-state index in [-0.39, 0.29) is 23.9 Å². The lowest BCUT2D eigenvalue weighted by atomic mass is 9.92. The van der Waals surface area contributed by atoms with Crippen LogP contribution in [0.25, 0.3) is 0 Å². The Morgan fingerprint density at radius 1 is 1.24 bits per heavy atom. The van der Waals surface area contributed by atoms with Gasteiger partial charge in [0.05, 0.1) is 0 Å². The van der Waals surface area contributed by atoms with E-state index in [2.05, 4.69) is 19.2 Å². The number of hydrogen-bond donors (Lipinski definition) is 1. The molecule has 0 bridgehead atoms. The largest absolute Gasteiger partial charge is 0.340 e. The van der Waals surface area contributed by atoms with Gasteiger partial charge in [-0.1, -0.05) is 20.8 Å². The Morgan fingerprint density at radius 2 is 1.76 bits per heavy atom. The molecule has 4 heteroatoms. The zero-order valence-electron chi connectivity index (χ0n) is 11.5. The SMILES string of the molecule is CCC(CC)N1C(=O)C(C)(C)NC(=O)C1CC. The third-order valence-electron chi connectivity index (χ3n) is 3.57. The molecule has 0 aromatic heterocycles. The van der Waals surface area contributed by atoms with Crippen LogP contribution >= 0.6 is 0 Å². The van der Waals surface area contributed by atoms with Crippen LogP contribution in [-0.4, -0.2) is 34.3 Å². The van der Waals surface area contributed by atoms with Crippen LogP contribution in [0.5, 0.6) is 0 Å². The van der Waals surface area contributed by atoms with Crippen molar-refractivity contribution in [3.05, 3.63) is 0 Å². The summed E-state index contributed by atoms with van der Waals surface area (Å²) in [6, 6.07) is -0.141. The minimum Gasteiger partial charge on any atom is -0.340 e. The summed E-state index contributed by atoms with van der Waals surface area (Å²) < 4.78 is 0. The normalized spacial score (nSPS) is 24.1. The number of nitrogens with one attached hydrogen (secondary N) is 1. The fourth-order valence-corrected chi connectivity index (χ4v) is 2.52. The number of hydrogen-bond acceptors (Lipinski definition) is 2. The average molecular weight is 240 g/mol. The van der Waals surface area contributed by atoms with Crippen molar-refractivity contribution in [2.75, 3.05) is 0 Å². The Morgan fingerprint density at radius 3 is 2.18 bits per heavy atom. The number of rotatable bonds is 4. The molecule has 1 atom stereocenters. The molecule has 0 saturated carbocycles. The molecule has 0 spiro atoms. The molecule has 1 aliphatic heterocycles. The quantitative estimate of drug-likeness (QED) is 0.813. The van der Waals surface area contributed by atoms with Crippen molar-refractivity contribution in [1.29, 1.82) is 0 Å². The Bertz CT molecular complexity index is 309. The van der Waals surface area contributed by atoms with Gasteiger partial charge < -0.3 is 10.2 Å². The van der Waals surface area contributed by atoms with Gasteiger partial charge in [-0.15, -0.1) is 0 Å². The second kappa shape index (κ2) is 5.07. The first-order valence-corrected chi connectivity index (χ1v) is 6.53. The zero-order valence-corrected chi connectivity index (χ0v) is 11.5. The highest BCUT2D eigenvalue weighted by Gasteiger charge is 2.46. The summed E-state index contributed by atoms with van der Waals surface area (Å²) >= 11 is 0. The third kappa shape index (κ3) is 2.45. The van der Waals surface area contributed by atoms with Gasteiger partial charge in [-0.2, -0.15) is 0 Å². The van der Waals surface area contributed by atoms with Crippen molar-refractivity contribution in [3.63, 3.8) is 0 Å². The minimum absolute atomic E-state index is 0.0241. The van der Waals surface area contributed by atoms with Crippen LogP contribution in [0.1, 0.15) is 53.9 Å². The Balaban J connectivity index is 3.09. The van der Waals surface area contributed by atoms with Gasteiger partial charge in [-0.05, 0) is 33.1 Å². The zero-order chi connectivity index (χ0) is 13.2. The van der Waals surface area contributed by atoms with Gasteiger partial charge in [-0.3, -0.25) is 9.59 Å². The number of nitrogens with zero attached hydrogens (tertiary/aromatic N) is 1. The van der Waals surface area contributed by atoms with Gasteiger partial charge in [0, 0.05) is 6.04 Å². The second-order valence-corrected chi connectivity index (χ2v) is 5.22. The van der Waals surface area contributed by atoms with Crippen LogP contribution in [0.15, 0.2) is 0 Å². The summed E-state index contributed by atoms with van der Waals surface area (Å²) in [4.78, 5) is 26.3. The third-order valence-corrected chi connectivity index (χ3v) is 3.57. The first kappa shape index (κ1) is 14.0. The summed E-state index contributed by atoms with van der Waals surface area (Å²) in [6.45, 7) is 9.62. The van der Waals surface area contributed by atoms with Gasteiger partial charge in [-0.25, -0.2) is 0 Å². The van der Waals surface area contributed by atoms with Crippen LogP contribution in [0.3, 0.4) is 0 Å². The van der Waals surface area contributed by atoms with E-state index in [0.29, 0.717) is 6.42 Å². The number of piperazine rings is 1. The molecule has 0 aromatic carbocycles. The average Bonchev–Trinajstić information content (AvgIpc) is 2.26. The highest BCUT2D eigenvalue weighted by molar-refractivity contribution is 5.99.